The maximum Gasteiger partial charge on any atom is 0.294 e. The minimum atomic E-state index is -0.917. The zero-order valence-corrected chi connectivity index (χ0v) is 17.2. The first-order chi connectivity index (χ1) is 13.6. The first kappa shape index (κ1) is 20.9. The van der Waals surface area contributed by atoms with Crippen LogP contribution in [0.4, 0.5) is 10.1 Å². The van der Waals surface area contributed by atoms with Crippen LogP contribution in [0.3, 0.4) is 0 Å². The maximum atomic E-state index is 13.5. The SMILES string of the molecule is COc1ccc(N2C(=O)C(O)=C(C(=O)C(C)(C)C)C2c2ccc(F)cc2)cc1Cl. The highest BCUT2D eigenvalue weighted by Crippen LogP contribution is 2.44. The van der Waals surface area contributed by atoms with Gasteiger partial charge in [0.05, 0.1) is 23.7 Å². The number of methoxy groups -OCH3 is 1. The predicted molar refractivity (Wildman–Crippen MR) is 109 cm³/mol. The van der Waals surface area contributed by atoms with E-state index in [2.05, 4.69) is 0 Å². The number of halogens is 2. The molecule has 29 heavy (non-hydrogen) atoms. The van der Waals surface area contributed by atoms with Gasteiger partial charge in [-0.05, 0) is 35.9 Å². The Morgan fingerprint density at radius 3 is 2.31 bits per heavy atom. The monoisotopic (exact) mass is 417 g/mol. The number of aliphatic hydroxyl groups is 1. The highest BCUT2D eigenvalue weighted by Gasteiger charge is 2.46. The van der Waals surface area contributed by atoms with Gasteiger partial charge in [-0.3, -0.25) is 14.5 Å². The summed E-state index contributed by atoms with van der Waals surface area (Å²) in [6.07, 6.45) is 0. The molecule has 0 aliphatic carbocycles. The van der Waals surface area contributed by atoms with Crippen LogP contribution in [-0.4, -0.2) is 23.9 Å². The number of rotatable bonds is 4. The maximum absolute atomic E-state index is 13.5. The highest BCUT2D eigenvalue weighted by molar-refractivity contribution is 6.32. The molecule has 0 bridgehead atoms. The molecule has 0 saturated carbocycles. The molecule has 1 unspecified atom stereocenters. The van der Waals surface area contributed by atoms with Crippen LogP contribution in [0.2, 0.25) is 5.02 Å². The number of nitrogens with zero attached hydrogens (tertiary/aromatic N) is 1. The third kappa shape index (κ3) is 3.72. The molecule has 1 amide bonds. The van der Waals surface area contributed by atoms with Crippen LogP contribution in [-0.2, 0) is 9.59 Å². The van der Waals surface area contributed by atoms with Crippen molar-refractivity contribution < 1.29 is 23.8 Å². The average molecular weight is 418 g/mol. The Morgan fingerprint density at radius 2 is 1.79 bits per heavy atom. The molecule has 3 rings (SSSR count). The van der Waals surface area contributed by atoms with Crippen LogP contribution >= 0.6 is 11.6 Å². The number of hydrogen-bond donors (Lipinski definition) is 1. The number of hydrogen-bond acceptors (Lipinski definition) is 4. The summed E-state index contributed by atoms with van der Waals surface area (Å²) in [4.78, 5) is 27.4. The van der Waals surface area contributed by atoms with Crippen molar-refractivity contribution in [2.24, 2.45) is 5.41 Å². The second-order valence-electron chi connectivity index (χ2n) is 7.79. The number of carbonyl (C=O) groups is 2. The third-order valence-corrected chi connectivity index (χ3v) is 5.03. The van der Waals surface area contributed by atoms with Crippen LogP contribution < -0.4 is 9.64 Å². The molecule has 0 aromatic heterocycles. The van der Waals surface area contributed by atoms with E-state index in [0.29, 0.717) is 17.0 Å². The molecular weight excluding hydrogens is 397 g/mol. The van der Waals surface area contributed by atoms with E-state index in [4.69, 9.17) is 16.3 Å². The molecule has 152 valence electrons. The van der Waals surface area contributed by atoms with Gasteiger partial charge in [-0.25, -0.2) is 4.39 Å². The zero-order chi connectivity index (χ0) is 21.5. The molecule has 5 nitrogen and oxygen atoms in total. The van der Waals surface area contributed by atoms with Crippen LogP contribution in [0.15, 0.2) is 53.8 Å². The molecule has 0 radical (unpaired) electrons. The van der Waals surface area contributed by atoms with E-state index in [1.807, 2.05) is 0 Å². The van der Waals surface area contributed by atoms with E-state index in [-0.39, 0.29) is 16.4 Å². The van der Waals surface area contributed by atoms with E-state index >= 15 is 0 Å². The average Bonchev–Trinajstić information content (AvgIpc) is 2.92. The van der Waals surface area contributed by atoms with Gasteiger partial charge in [-0.1, -0.05) is 44.5 Å². The number of benzene rings is 2. The highest BCUT2D eigenvalue weighted by atomic mass is 35.5. The fraction of sp³-hybridized carbons (Fsp3) is 0.273. The molecule has 1 aliphatic rings. The summed E-state index contributed by atoms with van der Waals surface area (Å²) >= 11 is 6.22. The van der Waals surface area contributed by atoms with Crippen molar-refractivity contribution in [3.05, 3.63) is 70.2 Å². The number of amides is 1. The fourth-order valence-electron chi connectivity index (χ4n) is 3.27. The van der Waals surface area contributed by atoms with Gasteiger partial charge >= 0.3 is 0 Å². The topological polar surface area (TPSA) is 66.8 Å². The Hall–Kier alpha value is -2.86. The number of anilines is 1. The summed E-state index contributed by atoms with van der Waals surface area (Å²) in [7, 11) is 1.47. The van der Waals surface area contributed by atoms with Crippen LogP contribution in [0, 0.1) is 11.2 Å². The largest absolute Gasteiger partial charge is 0.503 e. The quantitative estimate of drug-likeness (QED) is 0.759. The van der Waals surface area contributed by atoms with Gasteiger partial charge in [-0.15, -0.1) is 0 Å². The van der Waals surface area contributed by atoms with Crippen molar-refractivity contribution in [1.82, 2.24) is 0 Å². The lowest BCUT2D eigenvalue weighted by Crippen LogP contribution is -2.32. The molecule has 1 N–H and O–H groups in total. The van der Waals surface area contributed by atoms with Gasteiger partial charge < -0.3 is 9.84 Å². The van der Waals surface area contributed by atoms with Crippen LogP contribution in [0.25, 0.3) is 0 Å². The lowest BCUT2D eigenvalue weighted by atomic mass is 9.82. The Bertz CT molecular complexity index is 1010. The number of Topliss-reactive ketones (excluding diaryl/α,β-unsaturated/α-hetero) is 1. The summed E-state index contributed by atoms with van der Waals surface area (Å²) in [5.41, 5.74) is -0.00196. The molecule has 1 heterocycles. The number of carbonyl (C=O) groups excluding carboxylic acids is 2. The van der Waals surface area contributed by atoms with E-state index in [9.17, 15) is 19.1 Å². The zero-order valence-electron chi connectivity index (χ0n) is 16.5. The van der Waals surface area contributed by atoms with E-state index in [1.54, 1.807) is 32.9 Å². The molecule has 0 spiro atoms. The summed E-state index contributed by atoms with van der Waals surface area (Å²) < 4.78 is 18.6. The van der Waals surface area contributed by atoms with E-state index in [0.717, 1.165) is 0 Å². The van der Waals surface area contributed by atoms with Crippen LogP contribution in [0.1, 0.15) is 32.4 Å². The summed E-state index contributed by atoms with van der Waals surface area (Å²) in [5, 5.41) is 10.9. The van der Waals surface area contributed by atoms with E-state index < -0.39 is 28.9 Å². The molecule has 0 fully saturated rings. The second-order valence-corrected chi connectivity index (χ2v) is 8.20. The molecule has 1 atom stereocenters. The Kier molecular flexibility index (Phi) is 5.41. The molecule has 7 heteroatoms. The predicted octanol–water partition coefficient (Wildman–Crippen LogP) is 5.00. The van der Waals surface area contributed by atoms with Crippen molar-refractivity contribution in [3.8, 4) is 5.75 Å². The van der Waals surface area contributed by atoms with Crippen molar-refractivity contribution in [1.29, 1.82) is 0 Å². The van der Waals surface area contributed by atoms with Gasteiger partial charge in [0, 0.05) is 11.1 Å². The van der Waals surface area contributed by atoms with E-state index in [1.165, 1.54) is 42.3 Å². The number of aliphatic hydroxyl groups excluding tert-OH is 1. The Labute approximate surface area is 173 Å². The van der Waals surface area contributed by atoms with Gasteiger partial charge in [0.1, 0.15) is 11.6 Å². The molecule has 2 aromatic carbocycles. The second kappa shape index (κ2) is 7.52. The van der Waals surface area contributed by atoms with Crippen LogP contribution in [0.5, 0.6) is 5.75 Å². The summed E-state index contributed by atoms with van der Waals surface area (Å²) in [5.74, 6) is -1.75. The normalized spacial score (nSPS) is 17.1. The third-order valence-electron chi connectivity index (χ3n) is 4.73. The minimum Gasteiger partial charge on any atom is -0.503 e. The summed E-state index contributed by atoms with van der Waals surface area (Å²) in [6.45, 7) is 5.11. The first-order valence-corrected chi connectivity index (χ1v) is 9.34. The first-order valence-electron chi connectivity index (χ1n) is 8.96. The van der Waals surface area contributed by atoms with Crippen molar-refractivity contribution >= 4 is 29.0 Å². The smallest absolute Gasteiger partial charge is 0.294 e. The fourth-order valence-corrected chi connectivity index (χ4v) is 3.53. The van der Waals surface area contributed by atoms with Crippen molar-refractivity contribution in [2.75, 3.05) is 12.0 Å². The molecule has 2 aromatic rings. The lowest BCUT2D eigenvalue weighted by molar-refractivity contribution is -0.123. The van der Waals surface area contributed by atoms with Gasteiger partial charge in [0.25, 0.3) is 5.91 Å². The van der Waals surface area contributed by atoms with Gasteiger partial charge in [-0.2, -0.15) is 0 Å². The summed E-state index contributed by atoms with van der Waals surface area (Å²) in [6, 6.07) is 9.26. The van der Waals surface area contributed by atoms with Gasteiger partial charge in [0.2, 0.25) is 0 Å². The number of ether oxygens (including phenoxy) is 1. The lowest BCUT2D eigenvalue weighted by Gasteiger charge is -2.29. The molecule has 0 saturated heterocycles. The molecular formula is C22H21ClFNO4. The van der Waals surface area contributed by atoms with Crippen molar-refractivity contribution in [2.45, 2.75) is 26.8 Å². The molecule has 1 aliphatic heterocycles. The minimum absolute atomic E-state index is 0.0268. The standard InChI is InChI=1S/C22H21ClFNO4/c1-22(2,3)20(27)17-18(12-5-7-13(24)8-6-12)25(21(28)19(17)26)14-9-10-16(29-4)15(23)11-14/h5-11,18,26H,1-4H3. The Morgan fingerprint density at radius 1 is 1.17 bits per heavy atom. The Balaban J connectivity index is 2.20. The van der Waals surface area contributed by atoms with Crippen molar-refractivity contribution in [3.63, 3.8) is 0 Å². The van der Waals surface area contributed by atoms with Gasteiger partial charge in [0.15, 0.2) is 11.5 Å². The number of ketones is 1.